The molecule has 0 amide bonds. The SMILES string of the molecule is COc1cc(CN(CCO)CC2CCCN2)ccc1O. The van der Waals surface area contributed by atoms with Crippen LogP contribution in [0.4, 0.5) is 0 Å². The van der Waals surface area contributed by atoms with E-state index in [-0.39, 0.29) is 12.4 Å². The molecule has 0 saturated carbocycles. The monoisotopic (exact) mass is 280 g/mol. The summed E-state index contributed by atoms with van der Waals surface area (Å²) in [6.07, 6.45) is 2.42. The number of aliphatic hydroxyl groups is 1. The first-order valence-electron chi connectivity index (χ1n) is 7.15. The number of benzene rings is 1. The van der Waals surface area contributed by atoms with Crippen molar-refractivity contribution in [3.05, 3.63) is 23.8 Å². The third-order valence-electron chi connectivity index (χ3n) is 3.71. The lowest BCUT2D eigenvalue weighted by atomic mass is 10.1. The van der Waals surface area contributed by atoms with Crippen molar-refractivity contribution >= 4 is 0 Å². The Morgan fingerprint density at radius 2 is 2.30 bits per heavy atom. The summed E-state index contributed by atoms with van der Waals surface area (Å²) in [5.74, 6) is 0.646. The Kier molecular flexibility index (Phi) is 5.64. The van der Waals surface area contributed by atoms with Crippen molar-refractivity contribution < 1.29 is 14.9 Å². The summed E-state index contributed by atoms with van der Waals surface area (Å²) in [5, 5.41) is 22.3. The first kappa shape index (κ1) is 15.1. The molecular weight excluding hydrogens is 256 g/mol. The molecule has 112 valence electrons. The summed E-state index contributed by atoms with van der Waals surface area (Å²) >= 11 is 0. The van der Waals surface area contributed by atoms with Crippen LogP contribution < -0.4 is 10.1 Å². The Labute approximate surface area is 120 Å². The number of ether oxygens (including phenoxy) is 1. The number of phenols is 1. The highest BCUT2D eigenvalue weighted by atomic mass is 16.5. The van der Waals surface area contributed by atoms with Crippen molar-refractivity contribution in [2.24, 2.45) is 0 Å². The van der Waals surface area contributed by atoms with Crippen molar-refractivity contribution in [1.82, 2.24) is 10.2 Å². The van der Waals surface area contributed by atoms with Crippen molar-refractivity contribution in [2.75, 3.05) is 33.4 Å². The number of hydrogen-bond acceptors (Lipinski definition) is 5. The molecule has 0 radical (unpaired) electrons. The Hall–Kier alpha value is -1.30. The molecule has 1 aromatic rings. The average Bonchev–Trinajstić information content (AvgIpc) is 2.94. The van der Waals surface area contributed by atoms with Crippen LogP contribution in [0, 0.1) is 0 Å². The zero-order valence-electron chi connectivity index (χ0n) is 12.0. The lowest BCUT2D eigenvalue weighted by Crippen LogP contribution is -2.38. The maximum atomic E-state index is 9.61. The van der Waals surface area contributed by atoms with E-state index in [4.69, 9.17) is 4.74 Å². The van der Waals surface area contributed by atoms with E-state index in [9.17, 15) is 10.2 Å². The van der Waals surface area contributed by atoms with E-state index in [1.165, 1.54) is 12.8 Å². The lowest BCUT2D eigenvalue weighted by molar-refractivity contribution is 0.179. The molecule has 1 atom stereocenters. The van der Waals surface area contributed by atoms with Gasteiger partial charge in [-0.15, -0.1) is 0 Å². The molecule has 0 spiro atoms. The van der Waals surface area contributed by atoms with Gasteiger partial charge in [0.15, 0.2) is 11.5 Å². The van der Waals surface area contributed by atoms with Gasteiger partial charge in [-0.2, -0.15) is 0 Å². The molecule has 1 aromatic carbocycles. The van der Waals surface area contributed by atoms with Crippen LogP contribution in [0.1, 0.15) is 18.4 Å². The number of hydrogen-bond donors (Lipinski definition) is 3. The summed E-state index contributed by atoms with van der Waals surface area (Å²) in [5.41, 5.74) is 1.08. The third-order valence-corrected chi connectivity index (χ3v) is 3.71. The van der Waals surface area contributed by atoms with Crippen molar-refractivity contribution in [1.29, 1.82) is 0 Å². The highest BCUT2D eigenvalue weighted by Gasteiger charge is 2.18. The molecule has 1 heterocycles. The summed E-state index contributed by atoms with van der Waals surface area (Å²) in [6, 6.07) is 5.91. The number of aromatic hydroxyl groups is 1. The molecule has 1 fully saturated rings. The molecular formula is C15H24N2O3. The van der Waals surface area contributed by atoms with Crippen LogP contribution in [0.5, 0.6) is 11.5 Å². The van der Waals surface area contributed by atoms with Gasteiger partial charge in [-0.05, 0) is 37.1 Å². The predicted octanol–water partition coefficient (Wildman–Crippen LogP) is 0.947. The minimum absolute atomic E-state index is 0.155. The van der Waals surface area contributed by atoms with Crippen LogP contribution in [0.15, 0.2) is 18.2 Å². The van der Waals surface area contributed by atoms with E-state index in [0.717, 1.165) is 25.2 Å². The highest BCUT2D eigenvalue weighted by Crippen LogP contribution is 2.26. The minimum Gasteiger partial charge on any atom is -0.504 e. The molecule has 1 saturated heterocycles. The summed E-state index contributed by atoms with van der Waals surface area (Å²) < 4.78 is 5.13. The molecule has 1 unspecified atom stereocenters. The van der Waals surface area contributed by atoms with Crippen molar-refractivity contribution in [2.45, 2.75) is 25.4 Å². The summed E-state index contributed by atoms with van der Waals surface area (Å²) in [7, 11) is 1.55. The second-order valence-corrected chi connectivity index (χ2v) is 5.26. The fraction of sp³-hybridized carbons (Fsp3) is 0.600. The maximum absolute atomic E-state index is 9.61. The van der Waals surface area contributed by atoms with E-state index >= 15 is 0 Å². The van der Waals surface area contributed by atoms with Gasteiger partial charge in [0.05, 0.1) is 13.7 Å². The van der Waals surface area contributed by atoms with Crippen LogP contribution in [0.2, 0.25) is 0 Å². The molecule has 0 aromatic heterocycles. The van der Waals surface area contributed by atoms with E-state index in [1.54, 1.807) is 13.2 Å². The van der Waals surface area contributed by atoms with Crippen LogP contribution >= 0.6 is 0 Å². The van der Waals surface area contributed by atoms with Gasteiger partial charge < -0.3 is 20.3 Å². The van der Waals surface area contributed by atoms with Gasteiger partial charge in [-0.25, -0.2) is 0 Å². The van der Waals surface area contributed by atoms with Crippen LogP contribution in [-0.2, 0) is 6.54 Å². The van der Waals surface area contributed by atoms with Crippen molar-refractivity contribution in [3.63, 3.8) is 0 Å². The number of nitrogens with zero attached hydrogens (tertiary/aromatic N) is 1. The number of phenolic OH excluding ortho intramolecular Hbond substituents is 1. The zero-order chi connectivity index (χ0) is 14.4. The summed E-state index contributed by atoms with van der Waals surface area (Å²) in [6.45, 7) is 3.58. The molecule has 0 bridgehead atoms. The largest absolute Gasteiger partial charge is 0.504 e. The number of nitrogens with one attached hydrogen (secondary N) is 1. The van der Waals surface area contributed by atoms with Gasteiger partial charge in [0.2, 0.25) is 0 Å². The molecule has 1 aliphatic rings. The molecule has 3 N–H and O–H groups in total. The van der Waals surface area contributed by atoms with Crippen LogP contribution in [0.25, 0.3) is 0 Å². The van der Waals surface area contributed by atoms with Crippen LogP contribution in [-0.4, -0.2) is 54.5 Å². The topological polar surface area (TPSA) is 65.0 Å². The van der Waals surface area contributed by atoms with E-state index < -0.39 is 0 Å². The van der Waals surface area contributed by atoms with Gasteiger partial charge in [0.25, 0.3) is 0 Å². The second-order valence-electron chi connectivity index (χ2n) is 5.26. The quantitative estimate of drug-likeness (QED) is 0.694. The van der Waals surface area contributed by atoms with Gasteiger partial charge in [-0.3, -0.25) is 4.90 Å². The second kappa shape index (κ2) is 7.47. The average molecular weight is 280 g/mol. The first-order chi connectivity index (χ1) is 9.72. The third kappa shape index (κ3) is 4.10. The zero-order valence-corrected chi connectivity index (χ0v) is 12.0. The van der Waals surface area contributed by atoms with E-state index in [2.05, 4.69) is 10.2 Å². The predicted molar refractivity (Wildman–Crippen MR) is 78.0 cm³/mol. The van der Waals surface area contributed by atoms with Crippen molar-refractivity contribution in [3.8, 4) is 11.5 Å². The smallest absolute Gasteiger partial charge is 0.160 e. The Morgan fingerprint density at radius 3 is 2.95 bits per heavy atom. The Balaban J connectivity index is 1.99. The molecule has 5 heteroatoms. The van der Waals surface area contributed by atoms with E-state index in [0.29, 0.717) is 18.3 Å². The molecule has 1 aliphatic heterocycles. The van der Waals surface area contributed by atoms with Gasteiger partial charge in [-0.1, -0.05) is 6.07 Å². The van der Waals surface area contributed by atoms with Gasteiger partial charge in [0.1, 0.15) is 0 Å². The number of methoxy groups -OCH3 is 1. The number of rotatable bonds is 7. The standard InChI is InChI=1S/C15H24N2O3/c1-20-15-9-12(4-5-14(15)19)10-17(7-8-18)11-13-3-2-6-16-13/h4-5,9,13,16,18-19H,2-3,6-8,10-11H2,1H3. The fourth-order valence-electron chi connectivity index (χ4n) is 2.68. The maximum Gasteiger partial charge on any atom is 0.160 e. The normalized spacial score (nSPS) is 18.6. The fourth-order valence-corrected chi connectivity index (χ4v) is 2.68. The molecule has 0 aliphatic carbocycles. The Bertz CT molecular complexity index is 420. The van der Waals surface area contributed by atoms with Gasteiger partial charge in [0, 0.05) is 25.7 Å². The molecule has 5 nitrogen and oxygen atoms in total. The highest BCUT2D eigenvalue weighted by molar-refractivity contribution is 5.41. The first-order valence-corrected chi connectivity index (χ1v) is 7.15. The van der Waals surface area contributed by atoms with Gasteiger partial charge >= 0.3 is 0 Å². The van der Waals surface area contributed by atoms with Crippen LogP contribution in [0.3, 0.4) is 0 Å². The molecule has 20 heavy (non-hydrogen) atoms. The lowest BCUT2D eigenvalue weighted by Gasteiger charge is -2.25. The minimum atomic E-state index is 0.155. The molecule has 2 rings (SSSR count). The Morgan fingerprint density at radius 1 is 1.45 bits per heavy atom. The summed E-state index contributed by atoms with van der Waals surface area (Å²) in [4.78, 5) is 2.23. The van der Waals surface area contributed by atoms with E-state index in [1.807, 2.05) is 12.1 Å². The number of aliphatic hydroxyl groups excluding tert-OH is 1.